The summed E-state index contributed by atoms with van der Waals surface area (Å²) in [5.74, 6) is -2.66. The van der Waals surface area contributed by atoms with E-state index in [0.717, 1.165) is 25.7 Å². The Kier molecular flexibility index (Phi) is 13.1. The maximum atomic E-state index is 12.7. The first-order valence-corrected chi connectivity index (χ1v) is 9.84. The number of rotatable bonds is 14. The largest absolute Gasteiger partial charge is 0.465 e. The summed E-state index contributed by atoms with van der Waals surface area (Å²) in [7, 11) is 0. The van der Waals surface area contributed by atoms with E-state index in [1.54, 1.807) is 13.8 Å². The summed E-state index contributed by atoms with van der Waals surface area (Å²) in [6, 6.07) is 0. The number of Topliss-reactive ketones (excluding diaryl/α,β-unsaturated/α-hetero) is 1. The minimum Gasteiger partial charge on any atom is -0.465 e. The third-order valence-electron chi connectivity index (χ3n) is 4.55. The maximum absolute atomic E-state index is 12.7. The molecule has 0 fully saturated rings. The van der Waals surface area contributed by atoms with E-state index in [4.69, 9.17) is 9.47 Å². The molecule has 5 heteroatoms. The molecular formula is C20H36O5. The van der Waals surface area contributed by atoms with Crippen LogP contribution in [-0.2, 0) is 23.9 Å². The summed E-state index contributed by atoms with van der Waals surface area (Å²) >= 11 is 0. The lowest BCUT2D eigenvalue weighted by Gasteiger charge is -2.30. The number of hydrogen-bond donors (Lipinski definition) is 0. The average Bonchev–Trinajstić information content (AvgIpc) is 2.58. The molecule has 0 heterocycles. The van der Waals surface area contributed by atoms with Crippen molar-refractivity contribution in [1.29, 1.82) is 0 Å². The zero-order valence-electron chi connectivity index (χ0n) is 16.6. The number of ether oxygens (including phenoxy) is 2. The lowest BCUT2D eigenvalue weighted by atomic mass is 9.74. The Morgan fingerprint density at radius 1 is 0.800 bits per heavy atom. The molecule has 25 heavy (non-hydrogen) atoms. The van der Waals surface area contributed by atoms with Gasteiger partial charge < -0.3 is 9.47 Å². The second kappa shape index (κ2) is 13.9. The first-order chi connectivity index (χ1) is 12.0. The summed E-state index contributed by atoms with van der Waals surface area (Å²) in [6.45, 7) is 9.88. The van der Waals surface area contributed by atoms with Gasteiger partial charge in [0.1, 0.15) is 5.78 Å². The molecule has 2 unspecified atom stereocenters. The molecule has 146 valence electrons. The topological polar surface area (TPSA) is 69.7 Å². The Morgan fingerprint density at radius 2 is 1.32 bits per heavy atom. The SMILES string of the molecule is CCCCC(=O)C(CC)C(CCCC)C(C(=O)OCC)C(=O)OCC. The molecule has 0 aliphatic carbocycles. The summed E-state index contributed by atoms with van der Waals surface area (Å²) in [6.07, 6.45) is 5.34. The van der Waals surface area contributed by atoms with Gasteiger partial charge in [0.05, 0.1) is 13.2 Å². The molecule has 0 N–H and O–H groups in total. The quantitative estimate of drug-likeness (QED) is 0.342. The Bertz CT molecular complexity index is 387. The molecule has 0 spiro atoms. The zero-order valence-corrected chi connectivity index (χ0v) is 16.6. The van der Waals surface area contributed by atoms with Gasteiger partial charge in [-0.3, -0.25) is 14.4 Å². The molecule has 0 aliphatic rings. The highest BCUT2D eigenvalue weighted by atomic mass is 16.6. The first-order valence-electron chi connectivity index (χ1n) is 9.84. The van der Waals surface area contributed by atoms with E-state index >= 15 is 0 Å². The van der Waals surface area contributed by atoms with E-state index in [0.29, 0.717) is 19.3 Å². The van der Waals surface area contributed by atoms with Gasteiger partial charge in [-0.1, -0.05) is 40.0 Å². The van der Waals surface area contributed by atoms with Crippen LogP contribution in [-0.4, -0.2) is 30.9 Å². The third-order valence-corrected chi connectivity index (χ3v) is 4.55. The first kappa shape index (κ1) is 23.6. The number of unbranched alkanes of at least 4 members (excludes halogenated alkanes) is 2. The lowest BCUT2D eigenvalue weighted by Crippen LogP contribution is -2.40. The van der Waals surface area contributed by atoms with Crippen LogP contribution < -0.4 is 0 Å². The normalized spacial score (nSPS) is 13.4. The van der Waals surface area contributed by atoms with Gasteiger partial charge in [-0.15, -0.1) is 0 Å². The molecular weight excluding hydrogens is 320 g/mol. The molecule has 2 atom stereocenters. The van der Waals surface area contributed by atoms with Gasteiger partial charge in [-0.2, -0.15) is 0 Å². The van der Waals surface area contributed by atoms with E-state index in [-0.39, 0.29) is 30.8 Å². The molecule has 5 nitrogen and oxygen atoms in total. The molecule has 0 rings (SSSR count). The summed E-state index contributed by atoms with van der Waals surface area (Å²) in [5, 5.41) is 0. The van der Waals surface area contributed by atoms with Gasteiger partial charge >= 0.3 is 11.9 Å². The van der Waals surface area contributed by atoms with Crippen LogP contribution in [0.3, 0.4) is 0 Å². The standard InChI is InChI=1S/C20H36O5/c1-6-11-13-16(15(8-3)17(21)14-12-7-2)18(19(22)24-9-4)20(23)25-10-5/h15-16,18H,6-14H2,1-5H3. The lowest BCUT2D eigenvalue weighted by molar-refractivity contribution is -0.166. The number of carbonyl (C=O) groups excluding carboxylic acids is 3. The number of esters is 2. The zero-order chi connectivity index (χ0) is 19.2. The molecule has 0 saturated heterocycles. The van der Waals surface area contributed by atoms with Crippen molar-refractivity contribution in [2.45, 2.75) is 79.6 Å². The van der Waals surface area contributed by atoms with Crippen LogP contribution >= 0.6 is 0 Å². The third kappa shape index (κ3) is 8.02. The molecule has 0 saturated carbocycles. The van der Waals surface area contributed by atoms with Crippen LogP contribution in [0.15, 0.2) is 0 Å². The highest BCUT2D eigenvalue weighted by Crippen LogP contribution is 2.33. The summed E-state index contributed by atoms with van der Waals surface area (Å²) in [5.41, 5.74) is 0. The fourth-order valence-corrected chi connectivity index (χ4v) is 3.26. The molecule has 0 aromatic rings. The van der Waals surface area contributed by atoms with Crippen molar-refractivity contribution in [2.75, 3.05) is 13.2 Å². The minimum absolute atomic E-state index is 0.143. The van der Waals surface area contributed by atoms with Gasteiger partial charge in [0.15, 0.2) is 5.92 Å². The Labute approximate surface area is 152 Å². The fourth-order valence-electron chi connectivity index (χ4n) is 3.26. The van der Waals surface area contributed by atoms with Crippen molar-refractivity contribution >= 4 is 17.7 Å². The fraction of sp³-hybridized carbons (Fsp3) is 0.850. The Morgan fingerprint density at radius 3 is 1.72 bits per heavy atom. The van der Waals surface area contributed by atoms with Crippen molar-refractivity contribution in [3.05, 3.63) is 0 Å². The van der Waals surface area contributed by atoms with Gasteiger partial charge in [-0.25, -0.2) is 0 Å². The summed E-state index contributed by atoms with van der Waals surface area (Å²) in [4.78, 5) is 37.7. The highest BCUT2D eigenvalue weighted by Gasteiger charge is 2.42. The van der Waals surface area contributed by atoms with Crippen LogP contribution in [0.25, 0.3) is 0 Å². The van der Waals surface area contributed by atoms with E-state index in [2.05, 4.69) is 6.92 Å². The van der Waals surface area contributed by atoms with E-state index in [9.17, 15) is 14.4 Å². The van der Waals surface area contributed by atoms with Gasteiger partial charge in [0, 0.05) is 12.3 Å². The summed E-state index contributed by atoms with van der Waals surface area (Å²) < 4.78 is 10.3. The maximum Gasteiger partial charge on any atom is 0.320 e. The molecule has 0 aliphatic heterocycles. The molecule has 0 bridgehead atoms. The average molecular weight is 357 g/mol. The van der Waals surface area contributed by atoms with Gasteiger partial charge in [0.25, 0.3) is 0 Å². The van der Waals surface area contributed by atoms with Gasteiger partial charge in [-0.05, 0) is 39.0 Å². The number of carbonyl (C=O) groups is 3. The number of hydrogen-bond acceptors (Lipinski definition) is 5. The van der Waals surface area contributed by atoms with Crippen molar-refractivity contribution in [1.82, 2.24) is 0 Å². The minimum atomic E-state index is -1.01. The van der Waals surface area contributed by atoms with Crippen LogP contribution in [0.5, 0.6) is 0 Å². The predicted molar refractivity (Wildman–Crippen MR) is 98.1 cm³/mol. The van der Waals surface area contributed by atoms with Crippen molar-refractivity contribution in [3.63, 3.8) is 0 Å². The smallest absolute Gasteiger partial charge is 0.320 e. The molecule has 0 amide bonds. The second-order valence-corrected chi connectivity index (χ2v) is 6.37. The highest BCUT2D eigenvalue weighted by molar-refractivity contribution is 5.96. The van der Waals surface area contributed by atoms with Crippen molar-refractivity contribution < 1.29 is 23.9 Å². The molecule has 0 radical (unpaired) electrons. The molecule has 0 aromatic heterocycles. The van der Waals surface area contributed by atoms with Crippen molar-refractivity contribution in [3.8, 4) is 0 Å². The van der Waals surface area contributed by atoms with E-state index in [1.807, 2.05) is 13.8 Å². The van der Waals surface area contributed by atoms with Crippen LogP contribution in [0.4, 0.5) is 0 Å². The van der Waals surface area contributed by atoms with Gasteiger partial charge in [0.2, 0.25) is 0 Å². The van der Waals surface area contributed by atoms with Crippen LogP contribution in [0.2, 0.25) is 0 Å². The molecule has 0 aromatic carbocycles. The van der Waals surface area contributed by atoms with E-state index in [1.165, 1.54) is 0 Å². The Hall–Kier alpha value is -1.39. The van der Waals surface area contributed by atoms with E-state index < -0.39 is 17.9 Å². The van der Waals surface area contributed by atoms with Crippen molar-refractivity contribution in [2.24, 2.45) is 17.8 Å². The monoisotopic (exact) mass is 356 g/mol. The second-order valence-electron chi connectivity index (χ2n) is 6.37. The predicted octanol–water partition coefficient (Wildman–Crippen LogP) is 4.32. The number of ketones is 1. The van der Waals surface area contributed by atoms with Crippen LogP contribution in [0, 0.1) is 17.8 Å². The Balaban J connectivity index is 5.63. The van der Waals surface area contributed by atoms with Crippen LogP contribution in [0.1, 0.15) is 79.6 Å².